The van der Waals surface area contributed by atoms with Gasteiger partial charge in [-0.3, -0.25) is 4.90 Å². The van der Waals surface area contributed by atoms with E-state index in [1.54, 1.807) is 0 Å². The summed E-state index contributed by atoms with van der Waals surface area (Å²) in [7, 11) is 0. The summed E-state index contributed by atoms with van der Waals surface area (Å²) in [5.74, 6) is 0.0601. The van der Waals surface area contributed by atoms with Crippen molar-refractivity contribution in [3.63, 3.8) is 0 Å². The van der Waals surface area contributed by atoms with Gasteiger partial charge in [-0.25, -0.2) is 0 Å². The van der Waals surface area contributed by atoms with Gasteiger partial charge in [0.05, 0.1) is 6.07 Å². The summed E-state index contributed by atoms with van der Waals surface area (Å²) >= 11 is 0. The normalized spacial score (nSPS) is 23.2. The zero-order valence-corrected chi connectivity index (χ0v) is 12.5. The van der Waals surface area contributed by atoms with E-state index in [4.69, 9.17) is 0 Å². The third-order valence-corrected chi connectivity index (χ3v) is 4.48. The van der Waals surface area contributed by atoms with Gasteiger partial charge in [0, 0.05) is 25.6 Å². The highest BCUT2D eigenvalue weighted by atomic mass is 16.3. The Balaban J connectivity index is 1.84. The molecule has 0 radical (unpaired) electrons. The molecule has 3 rings (SSSR count). The maximum atomic E-state index is 9.68. The molecule has 0 aliphatic heterocycles. The molecule has 1 N–H and O–H groups in total. The van der Waals surface area contributed by atoms with E-state index in [1.807, 2.05) is 36.4 Å². The molecular formula is C19H20N2O. The molecule has 0 bridgehead atoms. The second kappa shape index (κ2) is 6.31. The van der Waals surface area contributed by atoms with Crippen molar-refractivity contribution in [1.82, 2.24) is 4.90 Å². The SMILES string of the molecule is N#C[C@]1(N(Cc2ccccc2)Cc2ccccc2)C[C@@H]1CO. The first-order chi connectivity index (χ1) is 10.8. The molecule has 1 saturated carbocycles. The molecule has 0 aromatic heterocycles. The highest BCUT2D eigenvalue weighted by molar-refractivity contribution is 5.28. The van der Waals surface area contributed by atoms with Crippen LogP contribution in [0.4, 0.5) is 0 Å². The van der Waals surface area contributed by atoms with Crippen molar-refractivity contribution in [3.05, 3.63) is 71.8 Å². The largest absolute Gasteiger partial charge is 0.396 e. The standard InChI is InChI=1S/C19H20N2O/c20-15-19(11-18(19)14-22)21(12-16-7-3-1-4-8-16)13-17-9-5-2-6-10-17/h1-10,18,22H,11-14H2/t18-,19-/m1/s1. The highest BCUT2D eigenvalue weighted by Gasteiger charge is 2.58. The van der Waals surface area contributed by atoms with Crippen molar-refractivity contribution in [3.8, 4) is 6.07 Å². The van der Waals surface area contributed by atoms with E-state index in [0.29, 0.717) is 0 Å². The molecule has 112 valence electrons. The fraction of sp³-hybridized carbons (Fsp3) is 0.316. The first-order valence-corrected chi connectivity index (χ1v) is 7.63. The van der Waals surface area contributed by atoms with Gasteiger partial charge in [-0.05, 0) is 17.5 Å². The van der Waals surface area contributed by atoms with Crippen LogP contribution in [0, 0.1) is 17.2 Å². The van der Waals surface area contributed by atoms with Gasteiger partial charge in [0.25, 0.3) is 0 Å². The van der Waals surface area contributed by atoms with E-state index in [0.717, 1.165) is 19.5 Å². The van der Waals surface area contributed by atoms with Gasteiger partial charge in [-0.2, -0.15) is 5.26 Å². The van der Waals surface area contributed by atoms with Crippen LogP contribution in [0.1, 0.15) is 17.5 Å². The van der Waals surface area contributed by atoms with Crippen molar-refractivity contribution < 1.29 is 5.11 Å². The zero-order valence-electron chi connectivity index (χ0n) is 12.5. The second-order valence-corrected chi connectivity index (χ2v) is 5.95. The molecule has 3 nitrogen and oxygen atoms in total. The van der Waals surface area contributed by atoms with E-state index in [2.05, 4.69) is 35.2 Å². The van der Waals surface area contributed by atoms with Crippen LogP contribution in [-0.2, 0) is 13.1 Å². The van der Waals surface area contributed by atoms with Crippen LogP contribution >= 0.6 is 0 Å². The predicted molar refractivity (Wildman–Crippen MR) is 85.7 cm³/mol. The van der Waals surface area contributed by atoms with Crippen molar-refractivity contribution >= 4 is 0 Å². The van der Waals surface area contributed by atoms with Crippen LogP contribution in [-0.4, -0.2) is 22.2 Å². The number of nitriles is 1. The molecule has 2 aromatic rings. The van der Waals surface area contributed by atoms with Crippen LogP contribution < -0.4 is 0 Å². The van der Waals surface area contributed by atoms with E-state index in [1.165, 1.54) is 11.1 Å². The lowest BCUT2D eigenvalue weighted by atomic mass is 10.1. The van der Waals surface area contributed by atoms with Gasteiger partial charge in [-0.15, -0.1) is 0 Å². The molecule has 2 atom stereocenters. The van der Waals surface area contributed by atoms with Gasteiger partial charge in [0.1, 0.15) is 5.54 Å². The summed E-state index contributed by atoms with van der Waals surface area (Å²) in [5.41, 5.74) is 1.86. The summed E-state index contributed by atoms with van der Waals surface area (Å²) in [6.45, 7) is 1.52. The fourth-order valence-electron chi connectivity index (χ4n) is 3.07. The Morgan fingerprint density at radius 2 is 1.50 bits per heavy atom. The third-order valence-electron chi connectivity index (χ3n) is 4.48. The Labute approximate surface area is 131 Å². The number of benzene rings is 2. The Kier molecular flexibility index (Phi) is 4.24. The number of nitrogens with zero attached hydrogens (tertiary/aromatic N) is 2. The van der Waals surface area contributed by atoms with Crippen LogP contribution in [0.5, 0.6) is 0 Å². The maximum Gasteiger partial charge on any atom is 0.115 e. The molecule has 0 spiro atoms. The van der Waals surface area contributed by atoms with Crippen molar-refractivity contribution in [1.29, 1.82) is 5.26 Å². The predicted octanol–water partition coefficient (Wildman–Crippen LogP) is 2.96. The minimum atomic E-state index is -0.527. The molecule has 0 unspecified atom stereocenters. The molecule has 1 fully saturated rings. The number of hydrogen-bond donors (Lipinski definition) is 1. The molecule has 22 heavy (non-hydrogen) atoms. The summed E-state index contributed by atoms with van der Waals surface area (Å²) < 4.78 is 0. The Hall–Kier alpha value is -2.15. The summed E-state index contributed by atoms with van der Waals surface area (Å²) in [6, 6.07) is 22.9. The summed E-state index contributed by atoms with van der Waals surface area (Å²) in [6.07, 6.45) is 0.750. The third kappa shape index (κ3) is 2.89. The Morgan fingerprint density at radius 1 is 1.00 bits per heavy atom. The van der Waals surface area contributed by atoms with E-state index in [9.17, 15) is 10.4 Å². The minimum absolute atomic E-state index is 0.0601. The molecular weight excluding hydrogens is 272 g/mol. The smallest absolute Gasteiger partial charge is 0.115 e. The summed E-state index contributed by atoms with van der Waals surface area (Å²) in [4.78, 5) is 2.21. The van der Waals surface area contributed by atoms with Gasteiger partial charge >= 0.3 is 0 Å². The topological polar surface area (TPSA) is 47.3 Å². The van der Waals surface area contributed by atoms with Crippen LogP contribution in [0.25, 0.3) is 0 Å². The van der Waals surface area contributed by atoms with E-state index in [-0.39, 0.29) is 12.5 Å². The first-order valence-electron chi connectivity index (χ1n) is 7.63. The van der Waals surface area contributed by atoms with Gasteiger partial charge in [0.15, 0.2) is 0 Å². The maximum absolute atomic E-state index is 9.68. The quantitative estimate of drug-likeness (QED) is 0.890. The molecule has 1 aliphatic rings. The van der Waals surface area contributed by atoms with Crippen molar-refractivity contribution in [2.24, 2.45) is 5.92 Å². The van der Waals surface area contributed by atoms with Crippen molar-refractivity contribution in [2.45, 2.75) is 25.0 Å². The van der Waals surface area contributed by atoms with Gasteiger partial charge in [0.2, 0.25) is 0 Å². The lowest BCUT2D eigenvalue weighted by Crippen LogP contribution is -2.37. The fourth-order valence-corrected chi connectivity index (χ4v) is 3.07. The van der Waals surface area contributed by atoms with E-state index < -0.39 is 5.54 Å². The average Bonchev–Trinajstić information content (AvgIpc) is 3.31. The van der Waals surface area contributed by atoms with Crippen LogP contribution in [0.2, 0.25) is 0 Å². The van der Waals surface area contributed by atoms with Crippen molar-refractivity contribution in [2.75, 3.05) is 6.61 Å². The lowest BCUT2D eigenvalue weighted by Gasteiger charge is -2.28. The van der Waals surface area contributed by atoms with Gasteiger partial charge < -0.3 is 5.11 Å². The minimum Gasteiger partial charge on any atom is -0.396 e. The lowest BCUT2D eigenvalue weighted by molar-refractivity contribution is 0.163. The molecule has 3 heteroatoms. The highest BCUT2D eigenvalue weighted by Crippen LogP contribution is 2.49. The number of aliphatic hydroxyl groups is 1. The Bertz CT molecular complexity index is 609. The molecule has 0 heterocycles. The molecule has 2 aromatic carbocycles. The second-order valence-electron chi connectivity index (χ2n) is 5.95. The van der Waals surface area contributed by atoms with Crippen LogP contribution in [0.15, 0.2) is 60.7 Å². The average molecular weight is 292 g/mol. The number of hydrogen-bond acceptors (Lipinski definition) is 3. The molecule has 1 aliphatic carbocycles. The molecule has 0 amide bonds. The zero-order chi connectivity index (χ0) is 15.4. The first kappa shape index (κ1) is 14.8. The number of rotatable bonds is 6. The monoisotopic (exact) mass is 292 g/mol. The van der Waals surface area contributed by atoms with Gasteiger partial charge in [-0.1, -0.05) is 60.7 Å². The van der Waals surface area contributed by atoms with E-state index >= 15 is 0 Å². The Morgan fingerprint density at radius 3 is 1.86 bits per heavy atom. The summed E-state index contributed by atoms with van der Waals surface area (Å²) in [5, 5.41) is 19.2. The van der Waals surface area contributed by atoms with Crippen LogP contribution in [0.3, 0.4) is 0 Å². The molecule has 0 saturated heterocycles. The number of aliphatic hydroxyl groups excluding tert-OH is 1.